The zero-order valence-electron chi connectivity index (χ0n) is 22.4. The molecule has 0 bridgehead atoms. The number of anilines is 1. The second kappa shape index (κ2) is 12.6. The lowest BCUT2D eigenvalue weighted by atomic mass is 9.81. The molecule has 0 radical (unpaired) electrons. The monoisotopic (exact) mass is 552 g/mol. The van der Waals surface area contributed by atoms with Gasteiger partial charge < -0.3 is 19.3 Å². The number of amides is 1. The molecule has 5 rings (SSSR count). The number of imidazole rings is 1. The van der Waals surface area contributed by atoms with Crippen LogP contribution in [0.4, 0.5) is 14.5 Å². The van der Waals surface area contributed by atoms with Crippen LogP contribution in [0.25, 0.3) is 17.0 Å². The molecule has 40 heavy (non-hydrogen) atoms. The maximum absolute atomic E-state index is 12.9. The van der Waals surface area contributed by atoms with Crippen molar-refractivity contribution in [3.05, 3.63) is 65.4 Å². The van der Waals surface area contributed by atoms with Crippen molar-refractivity contribution in [1.82, 2.24) is 24.6 Å². The SMILES string of the molecule is C=NOC(=NCc1ccc(C)c(NC=O)c1)C1CC(F)(F)C1.COCc1nc(-c2ccc3ncc(C)n3c2)n[nH]1. The minimum Gasteiger partial charge on any atom is -0.377 e. The molecule has 1 aromatic carbocycles. The topological polar surface area (TPSA) is 131 Å². The molecule has 3 heterocycles. The number of aryl methyl sites for hydroxylation is 2. The van der Waals surface area contributed by atoms with Gasteiger partial charge in [-0.25, -0.2) is 23.7 Å². The molecule has 0 saturated heterocycles. The van der Waals surface area contributed by atoms with Crippen molar-refractivity contribution >= 4 is 30.4 Å². The molecule has 1 saturated carbocycles. The number of nitrogens with zero attached hydrogens (tertiary/aromatic N) is 6. The van der Waals surface area contributed by atoms with E-state index >= 15 is 0 Å². The number of halogens is 2. The summed E-state index contributed by atoms with van der Waals surface area (Å²) in [6.45, 7) is 7.75. The van der Waals surface area contributed by atoms with Gasteiger partial charge in [0.1, 0.15) is 12.3 Å². The number of hydrogen-bond acceptors (Lipinski definition) is 8. The average Bonchev–Trinajstić information content (AvgIpc) is 3.54. The third kappa shape index (κ3) is 6.91. The first kappa shape index (κ1) is 28.5. The van der Waals surface area contributed by atoms with Crippen LogP contribution in [0.1, 0.15) is 35.5 Å². The fourth-order valence-corrected chi connectivity index (χ4v) is 4.15. The Bertz CT molecular complexity index is 1510. The van der Waals surface area contributed by atoms with Crippen molar-refractivity contribution < 1.29 is 23.1 Å². The number of ether oxygens (including phenoxy) is 1. The van der Waals surface area contributed by atoms with Crippen molar-refractivity contribution in [3.63, 3.8) is 0 Å². The second-order valence-corrected chi connectivity index (χ2v) is 9.33. The number of benzene rings is 1. The van der Waals surface area contributed by atoms with Crippen LogP contribution in [0.15, 0.2) is 52.9 Å². The van der Waals surface area contributed by atoms with Gasteiger partial charge in [-0.05, 0) is 43.2 Å². The van der Waals surface area contributed by atoms with Gasteiger partial charge in [-0.15, -0.1) is 0 Å². The molecule has 0 unspecified atom stereocenters. The van der Waals surface area contributed by atoms with Gasteiger partial charge >= 0.3 is 0 Å². The Morgan fingerprint density at radius 1 is 1.30 bits per heavy atom. The summed E-state index contributed by atoms with van der Waals surface area (Å²) in [7, 11) is 1.63. The highest BCUT2D eigenvalue weighted by atomic mass is 19.3. The normalized spacial score (nSPS) is 14.7. The molecule has 3 aromatic heterocycles. The summed E-state index contributed by atoms with van der Waals surface area (Å²) < 4.78 is 32.9. The Morgan fingerprint density at radius 2 is 2.10 bits per heavy atom. The Balaban J connectivity index is 0.000000188. The largest absolute Gasteiger partial charge is 0.377 e. The number of aliphatic imine (C=N–C) groups is 1. The van der Waals surface area contributed by atoms with E-state index < -0.39 is 11.8 Å². The van der Waals surface area contributed by atoms with Gasteiger partial charge in [0.15, 0.2) is 11.6 Å². The van der Waals surface area contributed by atoms with Crippen molar-refractivity contribution in [1.29, 1.82) is 0 Å². The number of rotatable bonds is 9. The Morgan fingerprint density at radius 3 is 2.80 bits per heavy atom. The first-order valence-corrected chi connectivity index (χ1v) is 12.4. The van der Waals surface area contributed by atoms with E-state index in [0.717, 1.165) is 33.9 Å². The molecule has 1 aliphatic rings. The molecular formula is C27H30F2N8O3. The minimum absolute atomic E-state index is 0.173. The number of aromatic nitrogens is 5. The third-order valence-electron chi connectivity index (χ3n) is 6.29. The Kier molecular flexibility index (Phi) is 8.94. The summed E-state index contributed by atoms with van der Waals surface area (Å²) in [5.41, 5.74) is 5.38. The predicted octanol–water partition coefficient (Wildman–Crippen LogP) is 4.71. The van der Waals surface area contributed by atoms with Crippen LogP contribution < -0.4 is 5.32 Å². The number of H-pyrrole nitrogens is 1. The van der Waals surface area contributed by atoms with Gasteiger partial charge in [0, 0.05) is 61.9 Å². The first-order chi connectivity index (χ1) is 19.2. The van der Waals surface area contributed by atoms with Crippen LogP contribution in [0.3, 0.4) is 0 Å². The molecule has 11 nitrogen and oxygen atoms in total. The average molecular weight is 553 g/mol. The number of aromatic amines is 1. The van der Waals surface area contributed by atoms with Gasteiger partial charge in [-0.3, -0.25) is 9.89 Å². The van der Waals surface area contributed by atoms with Crippen molar-refractivity contribution in [2.45, 2.75) is 45.8 Å². The summed E-state index contributed by atoms with van der Waals surface area (Å²) in [4.78, 5) is 28.3. The van der Waals surface area contributed by atoms with Gasteiger partial charge in [-0.2, -0.15) is 5.10 Å². The molecule has 4 aromatic rings. The van der Waals surface area contributed by atoms with Gasteiger partial charge in [-0.1, -0.05) is 17.3 Å². The summed E-state index contributed by atoms with van der Waals surface area (Å²) >= 11 is 0. The maximum atomic E-state index is 12.9. The minimum atomic E-state index is -2.65. The summed E-state index contributed by atoms with van der Waals surface area (Å²) in [6, 6.07) is 9.39. The summed E-state index contributed by atoms with van der Waals surface area (Å²) in [6.07, 6.45) is 3.85. The number of pyridine rings is 1. The smallest absolute Gasteiger partial charge is 0.249 e. The summed E-state index contributed by atoms with van der Waals surface area (Å²) in [5.74, 6) is -1.53. The zero-order chi connectivity index (χ0) is 28.7. The molecule has 1 aliphatic carbocycles. The van der Waals surface area contributed by atoms with Crippen LogP contribution in [-0.4, -0.2) is 56.6 Å². The van der Waals surface area contributed by atoms with Gasteiger partial charge in [0.2, 0.25) is 18.2 Å². The highest BCUT2D eigenvalue weighted by Crippen LogP contribution is 2.43. The van der Waals surface area contributed by atoms with Crippen molar-refractivity contribution in [2.75, 3.05) is 12.4 Å². The lowest BCUT2D eigenvalue weighted by Gasteiger charge is -2.33. The third-order valence-corrected chi connectivity index (χ3v) is 6.29. The first-order valence-electron chi connectivity index (χ1n) is 12.4. The molecular weight excluding hydrogens is 522 g/mol. The van der Waals surface area contributed by atoms with Crippen LogP contribution in [0.5, 0.6) is 0 Å². The molecule has 1 fully saturated rings. The van der Waals surface area contributed by atoms with E-state index in [2.05, 4.69) is 42.3 Å². The number of methoxy groups -OCH3 is 1. The van der Waals surface area contributed by atoms with Gasteiger partial charge in [0.25, 0.3) is 0 Å². The fraction of sp³-hybridized carbons (Fsp3) is 0.333. The quantitative estimate of drug-likeness (QED) is 0.134. The predicted molar refractivity (Wildman–Crippen MR) is 146 cm³/mol. The molecule has 0 spiro atoms. The van der Waals surface area contributed by atoms with Crippen molar-refractivity contribution in [3.8, 4) is 11.4 Å². The standard InChI is InChI=1S/C15H17F2N3O2.C12H13N5O/c1-10-3-4-11(5-13(10)20-9-21)8-19-14(22-18-2)12-6-15(16,17)7-12;1-8-5-13-11-4-3-9(6-17(8)11)12-14-10(7-18-2)15-16-12/h3-5,9,12H,2,6-8H2,1H3,(H,20,21);3-6H,7H2,1-2H3,(H,14,15,16). The summed E-state index contributed by atoms with van der Waals surface area (Å²) in [5, 5.41) is 12.9. The van der Waals surface area contributed by atoms with Crippen LogP contribution in [0.2, 0.25) is 0 Å². The molecule has 0 aliphatic heterocycles. The Labute approximate surface area is 229 Å². The molecule has 13 heteroatoms. The number of carbonyl (C=O) groups is 1. The molecule has 2 N–H and O–H groups in total. The van der Waals surface area contributed by atoms with E-state index in [1.165, 1.54) is 0 Å². The molecule has 0 atom stereocenters. The molecule has 210 valence electrons. The number of hydrogen-bond donors (Lipinski definition) is 2. The van der Waals surface area contributed by atoms with Crippen LogP contribution in [-0.2, 0) is 27.5 Å². The number of fused-ring (bicyclic) bond motifs is 1. The van der Waals surface area contributed by atoms with Gasteiger partial charge in [0.05, 0.1) is 6.54 Å². The number of nitrogens with one attached hydrogen (secondary N) is 2. The fourth-order valence-electron chi connectivity index (χ4n) is 4.15. The van der Waals surface area contributed by atoms with E-state index in [9.17, 15) is 13.6 Å². The van der Waals surface area contributed by atoms with E-state index in [0.29, 0.717) is 24.5 Å². The maximum Gasteiger partial charge on any atom is 0.249 e. The number of oxime groups is 1. The highest BCUT2D eigenvalue weighted by molar-refractivity contribution is 5.80. The highest BCUT2D eigenvalue weighted by Gasteiger charge is 2.48. The van der Waals surface area contributed by atoms with E-state index in [4.69, 9.17) is 9.57 Å². The number of carbonyl (C=O) groups excluding carboxylic acids is 1. The zero-order valence-corrected chi connectivity index (χ0v) is 22.4. The van der Waals surface area contributed by atoms with Crippen molar-refractivity contribution in [2.24, 2.45) is 16.1 Å². The van der Waals surface area contributed by atoms with Crippen LogP contribution in [0, 0.1) is 19.8 Å². The van der Waals surface area contributed by atoms with E-state index in [1.807, 2.05) is 54.9 Å². The van der Waals surface area contributed by atoms with E-state index in [-0.39, 0.29) is 25.3 Å². The lowest BCUT2D eigenvalue weighted by Crippen LogP contribution is -2.40. The second-order valence-electron chi connectivity index (χ2n) is 9.33. The molecule has 1 amide bonds. The lowest BCUT2D eigenvalue weighted by molar-refractivity contribution is -0.105. The van der Waals surface area contributed by atoms with E-state index in [1.54, 1.807) is 13.2 Å². The van der Waals surface area contributed by atoms with Crippen LogP contribution >= 0.6 is 0 Å². The Hall–Kier alpha value is -4.52. The number of alkyl halides is 2.